The van der Waals surface area contributed by atoms with Gasteiger partial charge in [0.05, 0.1) is 5.92 Å². The lowest BCUT2D eigenvalue weighted by atomic mass is 9.86. The molecule has 1 saturated heterocycles. The highest BCUT2D eigenvalue weighted by molar-refractivity contribution is 5.83. The van der Waals surface area contributed by atoms with Gasteiger partial charge in [0.2, 0.25) is 5.91 Å². The van der Waals surface area contributed by atoms with E-state index in [2.05, 4.69) is 34.9 Å². The Kier molecular flexibility index (Phi) is 5.09. The van der Waals surface area contributed by atoms with Gasteiger partial charge in [-0.2, -0.15) is 0 Å². The summed E-state index contributed by atoms with van der Waals surface area (Å²) in [5.74, 6) is 0.323. The summed E-state index contributed by atoms with van der Waals surface area (Å²) in [4.78, 5) is 12.7. The first-order chi connectivity index (χ1) is 11.3. The van der Waals surface area contributed by atoms with Gasteiger partial charge in [0.15, 0.2) is 0 Å². The molecule has 0 bridgehead atoms. The van der Waals surface area contributed by atoms with Crippen LogP contribution in [0.5, 0.6) is 0 Å². The molecule has 3 atom stereocenters. The van der Waals surface area contributed by atoms with E-state index in [9.17, 15) is 4.79 Å². The maximum Gasteiger partial charge on any atom is 0.227 e. The second kappa shape index (κ2) is 7.42. The Morgan fingerprint density at radius 3 is 2.43 bits per heavy atom. The number of carbonyl (C=O) groups excluding carboxylic acids is 1. The lowest BCUT2D eigenvalue weighted by molar-refractivity contribution is -0.123. The molecule has 0 saturated carbocycles. The summed E-state index contributed by atoms with van der Waals surface area (Å²) in [5.41, 5.74) is 2.35. The van der Waals surface area contributed by atoms with Crippen LogP contribution >= 0.6 is 0 Å². The number of hydrogen-bond acceptors (Lipinski definition) is 2. The van der Waals surface area contributed by atoms with E-state index in [-0.39, 0.29) is 17.9 Å². The smallest absolute Gasteiger partial charge is 0.227 e. The minimum absolute atomic E-state index is 0.115. The predicted octanol–water partition coefficient (Wildman–Crippen LogP) is 3.05. The van der Waals surface area contributed by atoms with Crippen molar-refractivity contribution < 1.29 is 4.79 Å². The van der Waals surface area contributed by atoms with Gasteiger partial charge in [-0.15, -0.1) is 0 Å². The Balaban J connectivity index is 1.71. The van der Waals surface area contributed by atoms with Crippen LogP contribution in [-0.2, 0) is 4.79 Å². The number of rotatable bonds is 4. The van der Waals surface area contributed by atoms with Crippen LogP contribution < -0.4 is 10.6 Å². The van der Waals surface area contributed by atoms with Crippen molar-refractivity contribution in [2.75, 3.05) is 13.1 Å². The highest BCUT2D eigenvalue weighted by Crippen LogP contribution is 2.25. The summed E-state index contributed by atoms with van der Waals surface area (Å²) in [7, 11) is 0. The molecule has 2 aromatic rings. The molecule has 1 heterocycles. The Morgan fingerprint density at radius 1 is 1.09 bits per heavy atom. The highest BCUT2D eigenvalue weighted by Gasteiger charge is 2.29. The molecular weight excluding hydrogens is 284 g/mol. The van der Waals surface area contributed by atoms with Crippen molar-refractivity contribution in [1.82, 2.24) is 10.6 Å². The minimum Gasteiger partial charge on any atom is -0.352 e. The largest absolute Gasteiger partial charge is 0.352 e. The number of benzene rings is 2. The molecule has 1 aliphatic rings. The van der Waals surface area contributed by atoms with E-state index in [1.807, 2.05) is 43.3 Å². The molecule has 0 spiro atoms. The average Bonchev–Trinajstić information content (AvgIpc) is 2.63. The van der Waals surface area contributed by atoms with Crippen LogP contribution in [0.25, 0.3) is 0 Å². The van der Waals surface area contributed by atoms with E-state index in [0.29, 0.717) is 5.92 Å². The quantitative estimate of drug-likeness (QED) is 0.911. The first-order valence-corrected chi connectivity index (χ1v) is 8.36. The Hall–Kier alpha value is -2.13. The molecule has 1 fully saturated rings. The van der Waals surface area contributed by atoms with E-state index in [4.69, 9.17) is 0 Å². The van der Waals surface area contributed by atoms with E-state index in [1.54, 1.807) is 0 Å². The Morgan fingerprint density at radius 2 is 1.74 bits per heavy atom. The molecule has 23 heavy (non-hydrogen) atoms. The molecule has 0 radical (unpaired) electrons. The molecule has 2 aromatic carbocycles. The third-order valence-electron chi connectivity index (χ3n) is 4.73. The molecular formula is C20H24N2O. The van der Waals surface area contributed by atoms with Crippen molar-refractivity contribution >= 4 is 5.91 Å². The van der Waals surface area contributed by atoms with Gasteiger partial charge in [-0.05, 0) is 31.0 Å². The fourth-order valence-corrected chi connectivity index (χ4v) is 3.28. The predicted molar refractivity (Wildman–Crippen MR) is 93.5 cm³/mol. The van der Waals surface area contributed by atoms with E-state index >= 15 is 0 Å². The molecule has 120 valence electrons. The van der Waals surface area contributed by atoms with E-state index < -0.39 is 0 Å². The summed E-state index contributed by atoms with van der Waals surface area (Å²) in [6.45, 7) is 3.84. The summed E-state index contributed by atoms with van der Waals surface area (Å²) in [5, 5.41) is 6.73. The van der Waals surface area contributed by atoms with Gasteiger partial charge in [-0.3, -0.25) is 4.79 Å². The Bertz CT molecular complexity index is 627. The summed E-state index contributed by atoms with van der Waals surface area (Å²) >= 11 is 0. The van der Waals surface area contributed by atoms with E-state index in [1.165, 1.54) is 5.56 Å². The fourth-order valence-electron chi connectivity index (χ4n) is 3.28. The maximum absolute atomic E-state index is 12.7. The van der Waals surface area contributed by atoms with Crippen molar-refractivity contribution in [1.29, 1.82) is 0 Å². The van der Waals surface area contributed by atoms with Crippen LogP contribution in [0.3, 0.4) is 0 Å². The number of hydrogen-bond donors (Lipinski definition) is 2. The number of nitrogens with one attached hydrogen (secondary N) is 2. The number of piperidine rings is 1. The second-order valence-electron chi connectivity index (χ2n) is 6.26. The lowest BCUT2D eigenvalue weighted by Gasteiger charge is -2.34. The van der Waals surface area contributed by atoms with Crippen LogP contribution in [0, 0.1) is 0 Å². The van der Waals surface area contributed by atoms with Crippen molar-refractivity contribution in [3.8, 4) is 0 Å². The van der Waals surface area contributed by atoms with Gasteiger partial charge >= 0.3 is 0 Å². The fraction of sp³-hybridized carbons (Fsp3) is 0.350. The molecule has 3 nitrogen and oxygen atoms in total. The first-order valence-electron chi connectivity index (χ1n) is 8.36. The molecule has 0 aromatic heterocycles. The van der Waals surface area contributed by atoms with Crippen molar-refractivity contribution in [3.05, 3.63) is 71.8 Å². The van der Waals surface area contributed by atoms with Crippen LogP contribution in [0.4, 0.5) is 0 Å². The average molecular weight is 308 g/mol. The third kappa shape index (κ3) is 3.80. The zero-order chi connectivity index (χ0) is 16.1. The zero-order valence-electron chi connectivity index (χ0n) is 13.5. The highest BCUT2D eigenvalue weighted by atomic mass is 16.1. The van der Waals surface area contributed by atoms with Crippen molar-refractivity contribution in [2.45, 2.75) is 31.2 Å². The number of amides is 1. The first kappa shape index (κ1) is 15.8. The summed E-state index contributed by atoms with van der Waals surface area (Å²) in [6.07, 6.45) is 0.965. The maximum atomic E-state index is 12.7. The minimum atomic E-state index is -0.123. The van der Waals surface area contributed by atoms with Crippen LogP contribution in [-0.4, -0.2) is 25.0 Å². The molecule has 2 N–H and O–H groups in total. The van der Waals surface area contributed by atoms with Crippen molar-refractivity contribution in [2.24, 2.45) is 0 Å². The molecule has 3 heteroatoms. The number of carbonyl (C=O) groups is 1. The Labute approximate surface area is 138 Å². The summed E-state index contributed by atoms with van der Waals surface area (Å²) < 4.78 is 0. The van der Waals surface area contributed by atoms with Gasteiger partial charge in [-0.1, -0.05) is 60.7 Å². The van der Waals surface area contributed by atoms with Crippen LogP contribution in [0.2, 0.25) is 0 Å². The van der Waals surface area contributed by atoms with Gasteiger partial charge in [-0.25, -0.2) is 0 Å². The van der Waals surface area contributed by atoms with Crippen LogP contribution in [0.15, 0.2) is 60.7 Å². The normalized spacial score (nSPS) is 22.3. The molecule has 0 aliphatic carbocycles. The second-order valence-corrected chi connectivity index (χ2v) is 6.26. The SMILES string of the molecule is CC(C(=O)NC1CCNCC1c1ccccc1)c1ccccc1. The van der Waals surface area contributed by atoms with Crippen molar-refractivity contribution in [3.63, 3.8) is 0 Å². The van der Waals surface area contributed by atoms with Gasteiger partial charge < -0.3 is 10.6 Å². The van der Waals surface area contributed by atoms with Crippen LogP contribution in [0.1, 0.15) is 36.3 Å². The topological polar surface area (TPSA) is 41.1 Å². The molecule has 1 aliphatic heterocycles. The monoisotopic (exact) mass is 308 g/mol. The zero-order valence-corrected chi connectivity index (χ0v) is 13.5. The third-order valence-corrected chi connectivity index (χ3v) is 4.73. The van der Waals surface area contributed by atoms with E-state index in [0.717, 1.165) is 25.1 Å². The summed E-state index contributed by atoms with van der Waals surface area (Å²) in [6, 6.07) is 20.6. The van der Waals surface area contributed by atoms with Gasteiger partial charge in [0, 0.05) is 18.5 Å². The lowest BCUT2D eigenvalue weighted by Crippen LogP contribution is -2.49. The molecule has 3 unspecified atom stereocenters. The van der Waals surface area contributed by atoms with Gasteiger partial charge in [0.25, 0.3) is 0 Å². The molecule has 3 rings (SSSR count). The van der Waals surface area contributed by atoms with Gasteiger partial charge in [0.1, 0.15) is 0 Å². The molecule has 1 amide bonds. The standard InChI is InChI=1S/C20H24N2O/c1-15(16-8-4-2-5-9-16)20(23)22-19-12-13-21-14-18(19)17-10-6-3-7-11-17/h2-11,15,18-19,21H,12-14H2,1H3,(H,22,23).